The highest BCUT2D eigenvalue weighted by molar-refractivity contribution is 7.25. The number of rotatable bonds is 3. The van der Waals surface area contributed by atoms with E-state index < -0.39 is 31.8 Å². The predicted molar refractivity (Wildman–Crippen MR) is 90.8 cm³/mol. The molecule has 11 heteroatoms. The summed E-state index contributed by atoms with van der Waals surface area (Å²) in [4.78, 5) is 28.8. The molecule has 0 atom stereocenters. The van der Waals surface area contributed by atoms with Gasteiger partial charge in [-0.05, 0) is 29.8 Å². The summed E-state index contributed by atoms with van der Waals surface area (Å²) in [6.07, 6.45) is 0. The van der Waals surface area contributed by atoms with Crippen molar-refractivity contribution in [3.05, 3.63) is 70.9 Å². The van der Waals surface area contributed by atoms with Crippen LogP contribution in [-0.4, -0.2) is 14.8 Å². The first kappa shape index (κ1) is 17.4. The zero-order valence-corrected chi connectivity index (χ0v) is 13.7. The Balaban J connectivity index is 0.000000214. The van der Waals surface area contributed by atoms with Crippen molar-refractivity contribution in [1.29, 1.82) is 0 Å². The van der Waals surface area contributed by atoms with E-state index in [4.69, 9.17) is 0 Å². The minimum Gasteiger partial charge on any atom is -0.258 e. The van der Waals surface area contributed by atoms with Gasteiger partial charge in [-0.15, -0.1) is 22.7 Å². The lowest BCUT2D eigenvalue weighted by Gasteiger charge is -1.99. The largest absolute Gasteiger partial charge is 0.286 e. The average molecular weight is 367 g/mol. The van der Waals surface area contributed by atoms with Crippen LogP contribution in [0.1, 0.15) is 5.56 Å². The molecule has 3 aromatic rings. The number of hydrogen-bond acceptors (Lipinski definition) is 8. The molecule has 0 aliphatic carbocycles. The SMILES string of the molecule is Cc1c([N+](=O)[O-])cc([N+](=O)[O-])cc1[N+](=O)[O-].c1cc2sccc2s1. The van der Waals surface area contributed by atoms with Crippen molar-refractivity contribution in [3.63, 3.8) is 0 Å². The summed E-state index contributed by atoms with van der Waals surface area (Å²) in [6, 6.07) is 5.71. The monoisotopic (exact) mass is 367 g/mol. The maximum absolute atomic E-state index is 10.5. The summed E-state index contributed by atoms with van der Waals surface area (Å²) in [5.41, 5.74) is -2.16. The van der Waals surface area contributed by atoms with Gasteiger partial charge in [-0.25, -0.2) is 0 Å². The number of nitrogens with zero attached hydrogens (tertiary/aromatic N) is 3. The van der Waals surface area contributed by atoms with Gasteiger partial charge in [0.1, 0.15) is 5.56 Å². The second-order valence-corrected chi connectivity index (χ2v) is 6.35. The maximum Gasteiger partial charge on any atom is 0.286 e. The highest BCUT2D eigenvalue weighted by atomic mass is 32.1. The van der Waals surface area contributed by atoms with E-state index in [2.05, 4.69) is 22.9 Å². The molecule has 124 valence electrons. The Labute approximate surface area is 142 Å². The summed E-state index contributed by atoms with van der Waals surface area (Å²) in [7, 11) is 0. The summed E-state index contributed by atoms with van der Waals surface area (Å²) in [6.45, 7) is 1.17. The highest BCUT2D eigenvalue weighted by Crippen LogP contribution is 2.32. The third kappa shape index (κ3) is 3.70. The third-order valence-electron chi connectivity index (χ3n) is 3.01. The van der Waals surface area contributed by atoms with Crippen LogP contribution in [0.2, 0.25) is 0 Å². The normalized spacial score (nSPS) is 10.0. The minimum atomic E-state index is -0.917. The van der Waals surface area contributed by atoms with Gasteiger partial charge in [0.2, 0.25) is 0 Å². The molecule has 0 aliphatic heterocycles. The first-order valence-electron chi connectivity index (χ1n) is 6.29. The van der Waals surface area contributed by atoms with Gasteiger partial charge in [-0.2, -0.15) is 0 Å². The second kappa shape index (κ2) is 7.10. The van der Waals surface area contributed by atoms with Crippen molar-refractivity contribution in [1.82, 2.24) is 0 Å². The highest BCUT2D eigenvalue weighted by Gasteiger charge is 2.27. The van der Waals surface area contributed by atoms with E-state index >= 15 is 0 Å². The summed E-state index contributed by atoms with van der Waals surface area (Å²) in [5.74, 6) is 0. The Hall–Kier alpha value is -2.92. The van der Waals surface area contributed by atoms with E-state index in [1.54, 1.807) is 22.7 Å². The number of benzene rings is 1. The molecule has 0 bridgehead atoms. The molecule has 0 radical (unpaired) electrons. The van der Waals surface area contributed by atoms with Crippen LogP contribution in [0.5, 0.6) is 0 Å². The molecule has 24 heavy (non-hydrogen) atoms. The Morgan fingerprint density at radius 1 is 0.792 bits per heavy atom. The zero-order valence-electron chi connectivity index (χ0n) is 12.1. The molecule has 9 nitrogen and oxygen atoms in total. The molecule has 1 aromatic carbocycles. The van der Waals surface area contributed by atoms with Gasteiger partial charge >= 0.3 is 0 Å². The van der Waals surface area contributed by atoms with E-state index in [1.807, 2.05) is 0 Å². The summed E-state index contributed by atoms with van der Waals surface area (Å²) in [5, 5.41) is 35.7. The van der Waals surface area contributed by atoms with Crippen molar-refractivity contribution in [2.24, 2.45) is 0 Å². The number of thiophene rings is 2. The lowest BCUT2D eigenvalue weighted by Crippen LogP contribution is -2.00. The molecule has 0 fully saturated rings. The number of hydrogen-bond donors (Lipinski definition) is 0. The van der Waals surface area contributed by atoms with Crippen LogP contribution in [0.15, 0.2) is 35.0 Å². The van der Waals surface area contributed by atoms with E-state index in [-0.39, 0.29) is 5.56 Å². The Bertz CT molecular complexity index is 847. The fourth-order valence-corrected chi connectivity index (χ4v) is 3.68. The molecule has 0 N–H and O–H groups in total. The smallest absolute Gasteiger partial charge is 0.258 e. The van der Waals surface area contributed by atoms with Crippen LogP contribution >= 0.6 is 22.7 Å². The predicted octanol–water partition coefficient (Wildman–Crippen LogP) is 4.68. The number of non-ortho nitro benzene ring substituents is 1. The van der Waals surface area contributed by atoms with Crippen LogP contribution in [-0.2, 0) is 0 Å². The standard InChI is InChI=1S/C7H5N3O6.C6H4S2/c1-4-6(9(13)14)2-5(8(11)12)3-7(4)10(15)16;1-3-7-6-2-4-8-5(1)6/h2-3H,1H3;1-4H. The van der Waals surface area contributed by atoms with Crippen LogP contribution in [0.4, 0.5) is 17.1 Å². The van der Waals surface area contributed by atoms with Gasteiger partial charge in [0.15, 0.2) is 0 Å². The molecule has 3 rings (SSSR count). The van der Waals surface area contributed by atoms with E-state index in [1.165, 1.54) is 16.3 Å². The lowest BCUT2D eigenvalue weighted by atomic mass is 10.1. The van der Waals surface area contributed by atoms with Gasteiger partial charge in [0.05, 0.1) is 26.9 Å². The van der Waals surface area contributed by atoms with Gasteiger partial charge in [-0.3, -0.25) is 30.3 Å². The minimum absolute atomic E-state index is 0.208. The molecular weight excluding hydrogens is 358 g/mol. The van der Waals surface area contributed by atoms with Crippen molar-refractivity contribution in [2.45, 2.75) is 6.92 Å². The van der Waals surface area contributed by atoms with E-state index in [9.17, 15) is 30.3 Å². The molecule has 2 aromatic heterocycles. The topological polar surface area (TPSA) is 129 Å². The molecule has 0 unspecified atom stereocenters. The Morgan fingerprint density at radius 3 is 1.54 bits per heavy atom. The molecule has 0 aliphatic rings. The molecule has 2 heterocycles. The van der Waals surface area contributed by atoms with E-state index in [0.29, 0.717) is 12.1 Å². The second-order valence-electron chi connectivity index (χ2n) is 4.45. The molecule has 0 saturated heterocycles. The van der Waals surface area contributed by atoms with Crippen LogP contribution in [0.3, 0.4) is 0 Å². The quantitative estimate of drug-likeness (QED) is 0.488. The lowest BCUT2D eigenvalue weighted by molar-refractivity contribution is -0.403. The van der Waals surface area contributed by atoms with Gasteiger partial charge < -0.3 is 0 Å². The first-order chi connectivity index (χ1) is 11.3. The van der Waals surface area contributed by atoms with Crippen LogP contribution in [0, 0.1) is 37.3 Å². The third-order valence-corrected chi connectivity index (χ3v) is 4.91. The number of fused-ring (bicyclic) bond motifs is 1. The molecular formula is C13H9N3O6S2. The number of nitro groups is 3. The van der Waals surface area contributed by atoms with Crippen LogP contribution in [0.25, 0.3) is 9.40 Å². The molecule has 0 amide bonds. The van der Waals surface area contributed by atoms with Crippen LogP contribution < -0.4 is 0 Å². The van der Waals surface area contributed by atoms with Gasteiger partial charge in [0.25, 0.3) is 17.1 Å². The number of nitro benzene ring substituents is 3. The van der Waals surface area contributed by atoms with Crippen molar-refractivity contribution < 1.29 is 14.8 Å². The van der Waals surface area contributed by atoms with Crippen molar-refractivity contribution >= 4 is 49.1 Å². The molecule has 0 spiro atoms. The van der Waals surface area contributed by atoms with Gasteiger partial charge in [0, 0.05) is 9.40 Å². The first-order valence-corrected chi connectivity index (χ1v) is 8.05. The zero-order chi connectivity index (χ0) is 17.9. The van der Waals surface area contributed by atoms with Gasteiger partial charge in [-0.1, -0.05) is 0 Å². The Kier molecular flexibility index (Phi) is 5.16. The van der Waals surface area contributed by atoms with Crippen molar-refractivity contribution in [3.8, 4) is 0 Å². The van der Waals surface area contributed by atoms with E-state index in [0.717, 1.165) is 0 Å². The summed E-state index contributed by atoms with van der Waals surface area (Å²) >= 11 is 3.61. The summed E-state index contributed by atoms with van der Waals surface area (Å²) < 4.78 is 2.82. The molecule has 0 saturated carbocycles. The fourth-order valence-electron chi connectivity index (χ4n) is 1.85. The Morgan fingerprint density at radius 2 is 1.21 bits per heavy atom. The fraction of sp³-hybridized carbons (Fsp3) is 0.0769. The van der Waals surface area contributed by atoms with Crippen molar-refractivity contribution in [2.75, 3.05) is 0 Å². The average Bonchev–Trinajstić information content (AvgIpc) is 3.10. The maximum atomic E-state index is 10.5.